The van der Waals surface area contributed by atoms with Crippen molar-refractivity contribution in [2.75, 3.05) is 6.61 Å². The van der Waals surface area contributed by atoms with Crippen LogP contribution in [0.4, 0.5) is 13.2 Å². The van der Waals surface area contributed by atoms with Crippen molar-refractivity contribution in [1.82, 2.24) is 5.32 Å². The molecule has 2 aromatic carbocycles. The van der Waals surface area contributed by atoms with Gasteiger partial charge in [-0.15, -0.1) is 0 Å². The summed E-state index contributed by atoms with van der Waals surface area (Å²) in [6.07, 6.45) is -5.25. The number of alkyl halides is 3. The van der Waals surface area contributed by atoms with E-state index in [0.717, 1.165) is 0 Å². The summed E-state index contributed by atoms with van der Waals surface area (Å²) in [6.45, 7) is 0.482. The fourth-order valence-electron chi connectivity index (χ4n) is 2.23. The van der Waals surface area contributed by atoms with Crippen LogP contribution in [-0.4, -0.2) is 30.4 Å². The molecule has 0 aliphatic carbocycles. The maximum atomic E-state index is 13.9. The lowest BCUT2D eigenvalue weighted by atomic mass is 10.1. The van der Waals surface area contributed by atoms with Gasteiger partial charge in [-0.25, -0.2) is 4.79 Å². The molecular weight excluding hydrogens is 363 g/mol. The smallest absolute Gasteiger partial charge is 0.448 e. The van der Waals surface area contributed by atoms with Crippen LogP contribution in [0, 0.1) is 0 Å². The van der Waals surface area contributed by atoms with Crippen molar-refractivity contribution >= 4 is 11.9 Å². The van der Waals surface area contributed by atoms with E-state index in [0.29, 0.717) is 5.56 Å². The summed E-state index contributed by atoms with van der Waals surface area (Å²) in [7, 11) is 0. The first-order chi connectivity index (χ1) is 12.8. The first-order valence-corrected chi connectivity index (χ1v) is 8.09. The standard InChI is InChI=1S/C19H18F3NO4/c1-2-26-17(25)18(19(20,21)22,27-13-14-9-5-3-6-10-14)23-16(24)15-11-7-4-8-12-15/h3-12H,2,13H2,1H3,(H,23,24)/t18-/m1/s1. The average molecular weight is 381 g/mol. The molecular formula is C19H18F3NO4. The van der Waals surface area contributed by atoms with E-state index in [1.807, 2.05) is 0 Å². The van der Waals surface area contributed by atoms with Crippen LogP contribution in [0.25, 0.3) is 0 Å². The van der Waals surface area contributed by atoms with Crippen LogP contribution in [0.2, 0.25) is 0 Å². The Morgan fingerprint density at radius 3 is 2.04 bits per heavy atom. The highest BCUT2D eigenvalue weighted by Crippen LogP contribution is 2.34. The van der Waals surface area contributed by atoms with Crippen molar-refractivity contribution in [3.63, 3.8) is 0 Å². The van der Waals surface area contributed by atoms with E-state index in [9.17, 15) is 22.8 Å². The van der Waals surface area contributed by atoms with Gasteiger partial charge in [0.05, 0.1) is 13.2 Å². The number of carbonyl (C=O) groups excluding carboxylic acids is 2. The van der Waals surface area contributed by atoms with Crippen molar-refractivity contribution in [3.05, 3.63) is 71.8 Å². The first kappa shape index (κ1) is 20.4. The molecule has 144 valence electrons. The molecule has 0 saturated heterocycles. The van der Waals surface area contributed by atoms with E-state index in [4.69, 9.17) is 4.74 Å². The molecule has 0 aliphatic rings. The van der Waals surface area contributed by atoms with Gasteiger partial charge in [0, 0.05) is 5.56 Å². The number of carbonyl (C=O) groups is 2. The number of hydrogen-bond acceptors (Lipinski definition) is 4. The van der Waals surface area contributed by atoms with E-state index < -0.39 is 30.4 Å². The SMILES string of the molecule is CCOC(=O)[C@@](NC(=O)c1ccccc1)(OCc1ccccc1)C(F)(F)F. The maximum absolute atomic E-state index is 13.9. The quantitative estimate of drug-likeness (QED) is 0.589. The van der Waals surface area contributed by atoms with Gasteiger partial charge in [0.1, 0.15) is 0 Å². The predicted molar refractivity (Wildman–Crippen MR) is 90.6 cm³/mol. The third-order valence-corrected chi connectivity index (χ3v) is 3.59. The highest BCUT2D eigenvalue weighted by molar-refractivity contribution is 5.98. The molecule has 0 fully saturated rings. The van der Waals surface area contributed by atoms with Crippen LogP contribution >= 0.6 is 0 Å². The first-order valence-electron chi connectivity index (χ1n) is 8.09. The predicted octanol–water partition coefficient (Wildman–Crippen LogP) is 3.45. The van der Waals surface area contributed by atoms with Gasteiger partial charge in [-0.2, -0.15) is 13.2 Å². The third kappa shape index (κ3) is 4.85. The lowest BCUT2D eigenvalue weighted by Crippen LogP contribution is -2.66. The molecule has 0 radical (unpaired) electrons. The van der Waals surface area contributed by atoms with Crippen LogP contribution in [0.1, 0.15) is 22.8 Å². The van der Waals surface area contributed by atoms with Crippen molar-refractivity contribution in [3.8, 4) is 0 Å². The lowest BCUT2D eigenvalue weighted by Gasteiger charge is -2.33. The van der Waals surface area contributed by atoms with Gasteiger partial charge < -0.3 is 14.8 Å². The Balaban J connectivity index is 2.37. The highest BCUT2D eigenvalue weighted by Gasteiger charge is 2.65. The fourth-order valence-corrected chi connectivity index (χ4v) is 2.23. The molecule has 0 aliphatic heterocycles. The molecule has 2 aromatic rings. The lowest BCUT2D eigenvalue weighted by molar-refractivity contribution is -0.287. The minimum Gasteiger partial charge on any atom is -0.462 e. The second-order valence-electron chi connectivity index (χ2n) is 5.49. The Bertz CT molecular complexity index is 766. The van der Waals surface area contributed by atoms with E-state index >= 15 is 0 Å². The summed E-state index contributed by atoms with van der Waals surface area (Å²) in [6, 6.07) is 15.2. The second-order valence-corrected chi connectivity index (χ2v) is 5.49. The normalized spacial score (nSPS) is 13.5. The van der Waals surface area contributed by atoms with Gasteiger partial charge in [0.2, 0.25) is 0 Å². The molecule has 1 amide bonds. The number of esters is 1. The maximum Gasteiger partial charge on any atom is 0.448 e. The zero-order chi connectivity index (χ0) is 19.9. The minimum atomic E-state index is -5.25. The zero-order valence-electron chi connectivity index (χ0n) is 14.5. The number of hydrogen-bond donors (Lipinski definition) is 1. The summed E-state index contributed by atoms with van der Waals surface area (Å²) >= 11 is 0. The van der Waals surface area contributed by atoms with Crippen molar-refractivity contribution in [1.29, 1.82) is 0 Å². The Hall–Kier alpha value is -2.87. The molecule has 1 atom stereocenters. The van der Waals surface area contributed by atoms with Gasteiger partial charge in [0.15, 0.2) is 0 Å². The van der Waals surface area contributed by atoms with Crippen LogP contribution < -0.4 is 5.32 Å². The van der Waals surface area contributed by atoms with Gasteiger partial charge in [0.25, 0.3) is 5.91 Å². The molecule has 2 rings (SSSR count). The van der Waals surface area contributed by atoms with Crippen molar-refractivity contribution < 1.29 is 32.2 Å². The number of ether oxygens (including phenoxy) is 2. The Labute approximate surface area is 154 Å². The highest BCUT2D eigenvalue weighted by atomic mass is 19.4. The molecule has 0 saturated carbocycles. The van der Waals surface area contributed by atoms with Crippen LogP contribution in [0.15, 0.2) is 60.7 Å². The zero-order valence-corrected chi connectivity index (χ0v) is 14.5. The van der Waals surface area contributed by atoms with Gasteiger partial charge in [-0.05, 0) is 24.6 Å². The Morgan fingerprint density at radius 1 is 0.963 bits per heavy atom. The molecule has 5 nitrogen and oxygen atoms in total. The summed E-state index contributed by atoms with van der Waals surface area (Å²) in [4.78, 5) is 24.5. The van der Waals surface area contributed by atoms with E-state index in [-0.39, 0.29) is 12.2 Å². The van der Waals surface area contributed by atoms with E-state index in [2.05, 4.69) is 4.74 Å². The van der Waals surface area contributed by atoms with Gasteiger partial charge >= 0.3 is 17.9 Å². The number of halogens is 3. The Morgan fingerprint density at radius 2 is 1.52 bits per heavy atom. The van der Waals surface area contributed by atoms with Crippen LogP contribution in [-0.2, 0) is 20.9 Å². The monoisotopic (exact) mass is 381 g/mol. The number of rotatable bonds is 7. The topological polar surface area (TPSA) is 64.6 Å². The Kier molecular flexibility index (Phi) is 6.57. The van der Waals surface area contributed by atoms with Gasteiger partial charge in [-0.3, -0.25) is 4.79 Å². The molecule has 1 N–H and O–H groups in total. The minimum absolute atomic E-state index is 0.0567. The average Bonchev–Trinajstić information content (AvgIpc) is 2.65. The van der Waals surface area contributed by atoms with Crippen molar-refractivity contribution in [2.24, 2.45) is 0 Å². The summed E-state index contributed by atoms with van der Waals surface area (Å²) in [5, 5.41) is 1.68. The number of benzene rings is 2. The molecule has 0 unspecified atom stereocenters. The summed E-state index contributed by atoms with van der Waals surface area (Å²) in [5.41, 5.74) is -3.30. The molecule has 0 spiro atoms. The molecule has 8 heteroatoms. The van der Waals surface area contributed by atoms with E-state index in [1.54, 1.807) is 29.6 Å². The van der Waals surface area contributed by atoms with Gasteiger partial charge in [-0.1, -0.05) is 48.5 Å². The van der Waals surface area contributed by atoms with Crippen LogP contribution in [0.5, 0.6) is 0 Å². The second kappa shape index (κ2) is 8.68. The molecule has 0 bridgehead atoms. The van der Waals surface area contributed by atoms with Crippen LogP contribution in [0.3, 0.4) is 0 Å². The largest absolute Gasteiger partial charge is 0.462 e. The summed E-state index contributed by atoms with van der Waals surface area (Å²) in [5.74, 6) is -2.85. The fraction of sp³-hybridized carbons (Fsp3) is 0.263. The molecule has 0 aromatic heterocycles. The number of amides is 1. The van der Waals surface area contributed by atoms with Crippen molar-refractivity contribution in [2.45, 2.75) is 25.4 Å². The number of nitrogens with one attached hydrogen (secondary N) is 1. The summed E-state index contributed by atoms with van der Waals surface area (Å²) < 4.78 is 51.2. The molecule has 27 heavy (non-hydrogen) atoms. The third-order valence-electron chi connectivity index (χ3n) is 3.59. The molecule has 0 heterocycles. The van der Waals surface area contributed by atoms with E-state index in [1.165, 1.54) is 43.3 Å².